The first-order chi connectivity index (χ1) is 12.3. The minimum atomic E-state index is -0.375. The number of rotatable bonds is 6. The second kappa shape index (κ2) is 7.92. The fourth-order valence-corrected chi connectivity index (χ4v) is 2.11. The maximum Gasteiger partial charge on any atom is 0.337 e. The van der Waals surface area contributed by atoms with Crippen LogP contribution in [0.15, 0.2) is 70.4 Å². The summed E-state index contributed by atoms with van der Waals surface area (Å²) in [6.45, 7) is 0.201. The Hall–Kier alpha value is -3.41. The van der Waals surface area contributed by atoms with E-state index in [2.05, 4.69) is 14.9 Å². The smallest absolute Gasteiger partial charge is 0.337 e. The lowest BCUT2D eigenvalue weighted by Crippen LogP contribution is -2.00. The van der Waals surface area contributed by atoms with E-state index in [1.807, 2.05) is 30.3 Å². The fourth-order valence-electron chi connectivity index (χ4n) is 2.11. The highest BCUT2D eigenvalue weighted by Gasteiger charge is 2.06. The van der Waals surface area contributed by atoms with Crippen molar-refractivity contribution in [3.8, 4) is 11.5 Å². The molecule has 1 heterocycles. The van der Waals surface area contributed by atoms with Gasteiger partial charge < -0.3 is 14.0 Å². The molecule has 3 rings (SSSR count). The van der Waals surface area contributed by atoms with Crippen molar-refractivity contribution in [2.75, 3.05) is 7.11 Å². The summed E-state index contributed by atoms with van der Waals surface area (Å²) in [5, 5.41) is 3.89. The van der Waals surface area contributed by atoms with Gasteiger partial charge in [-0.05, 0) is 29.8 Å². The molecule has 0 atom stereocenters. The molecule has 0 aliphatic rings. The minimum absolute atomic E-state index is 0.201. The first kappa shape index (κ1) is 16.4. The van der Waals surface area contributed by atoms with Crippen LogP contribution in [0.2, 0.25) is 0 Å². The summed E-state index contributed by atoms with van der Waals surface area (Å²) >= 11 is 0. The first-order valence-electron chi connectivity index (χ1n) is 7.60. The summed E-state index contributed by atoms with van der Waals surface area (Å²) < 4.78 is 10.1. The van der Waals surface area contributed by atoms with Gasteiger partial charge in [0.2, 0.25) is 5.89 Å². The van der Waals surface area contributed by atoms with Gasteiger partial charge in [-0.1, -0.05) is 35.5 Å². The average Bonchev–Trinajstić information content (AvgIpc) is 3.15. The van der Waals surface area contributed by atoms with Crippen molar-refractivity contribution < 1.29 is 18.8 Å². The highest BCUT2D eigenvalue weighted by atomic mass is 16.6. The highest BCUT2D eigenvalue weighted by molar-refractivity contribution is 5.90. The largest absolute Gasteiger partial charge is 0.465 e. The van der Waals surface area contributed by atoms with Gasteiger partial charge >= 0.3 is 5.97 Å². The summed E-state index contributed by atoms with van der Waals surface area (Å²) in [7, 11) is 1.35. The third-order valence-electron chi connectivity index (χ3n) is 3.39. The number of carbonyl (C=O) groups is 1. The van der Waals surface area contributed by atoms with E-state index >= 15 is 0 Å². The van der Waals surface area contributed by atoms with E-state index < -0.39 is 0 Å². The Morgan fingerprint density at radius 3 is 2.64 bits per heavy atom. The predicted molar refractivity (Wildman–Crippen MR) is 92.1 cm³/mol. The van der Waals surface area contributed by atoms with E-state index in [1.54, 1.807) is 36.7 Å². The number of hydrogen-bond acceptors (Lipinski definition) is 6. The number of oxime groups is 1. The Bertz CT molecular complexity index is 855. The van der Waals surface area contributed by atoms with Crippen molar-refractivity contribution in [3.05, 3.63) is 77.7 Å². The molecule has 0 radical (unpaired) electrons. The molecular formula is C19H16N2O4. The van der Waals surface area contributed by atoms with Crippen molar-refractivity contribution in [2.45, 2.75) is 6.61 Å². The second-order valence-electron chi connectivity index (χ2n) is 5.13. The molecule has 0 unspecified atom stereocenters. The maximum atomic E-state index is 11.4. The third kappa shape index (κ3) is 4.32. The van der Waals surface area contributed by atoms with Crippen molar-refractivity contribution in [2.24, 2.45) is 5.16 Å². The number of oxazole rings is 1. The van der Waals surface area contributed by atoms with Crippen LogP contribution in [0, 0.1) is 0 Å². The Balaban J connectivity index is 1.53. The van der Waals surface area contributed by atoms with Crippen LogP contribution < -0.4 is 0 Å². The van der Waals surface area contributed by atoms with Gasteiger partial charge in [0.25, 0.3) is 0 Å². The van der Waals surface area contributed by atoms with Gasteiger partial charge in [-0.25, -0.2) is 9.78 Å². The van der Waals surface area contributed by atoms with Crippen LogP contribution in [0.1, 0.15) is 21.6 Å². The molecule has 0 saturated carbocycles. The summed E-state index contributed by atoms with van der Waals surface area (Å²) in [6.07, 6.45) is 3.10. The lowest BCUT2D eigenvalue weighted by Gasteiger charge is -1.99. The van der Waals surface area contributed by atoms with E-state index in [0.717, 1.165) is 11.1 Å². The topological polar surface area (TPSA) is 73.9 Å². The van der Waals surface area contributed by atoms with Crippen LogP contribution in [-0.2, 0) is 16.2 Å². The van der Waals surface area contributed by atoms with Crippen molar-refractivity contribution >= 4 is 12.2 Å². The number of carbonyl (C=O) groups excluding carboxylic acids is 1. The molecule has 0 amide bonds. The highest BCUT2D eigenvalue weighted by Crippen LogP contribution is 2.18. The molecule has 0 spiro atoms. The van der Waals surface area contributed by atoms with Crippen LogP contribution in [0.5, 0.6) is 0 Å². The molecule has 6 heteroatoms. The van der Waals surface area contributed by atoms with Gasteiger partial charge in [0.05, 0.1) is 18.9 Å². The zero-order valence-corrected chi connectivity index (χ0v) is 13.6. The summed E-state index contributed by atoms with van der Waals surface area (Å²) in [5.41, 5.74) is 2.84. The number of nitrogens with zero attached hydrogens (tertiary/aromatic N) is 2. The lowest BCUT2D eigenvalue weighted by molar-refractivity contribution is 0.0600. The third-order valence-corrected chi connectivity index (χ3v) is 3.39. The van der Waals surface area contributed by atoms with Crippen molar-refractivity contribution in [1.82, 2.24) is 4.98 Å². The van der Waals surface area contributed by atoms with Crippen LogP contribution >= 0.6 is 0 Å². The quantitative estimate of drug-likeness (QED) is 0.390. The molecular weight excluding hydrogens is 320 g/mol. The summed E-state index contributed by atoms with van der Waals surface area (Å²) in [6, 6.07) is 16.5. The molecule has 0 saturated heterocycles. The standard InChI is InChI=1S/C19H16N2O4/c1-23-19(22)16-9-7-14(8-10-16)11-20-25-13-17-12-24-18(21-17)15-5-3-2-4-6-15/h2-12H,13H2,1H3. The molecule has 1 aromatic heterocycles. The summed E-state index contributed by atoms with van der Waals surface area (Å²) in [5.74, 6) is 0.168. The molecule has 3 aromatic rings. The van der Waals surface area contributed by atoms with E-state index in [-0.39, 0.29) is 12.6 Å². The van der Waals surface area contributed by atoms with Gasteiger partial charge in [-0.3, -0.25) is 0 Å². The molecule has 0 aliphatic carbocycles. The molecule has 0 fully saturated rings. The Kier molecular flexibility index (Phi) is 5.21. The van der Waals surface area contributed by atoms with E-state index in [4.69, 9.17) is 9.25 Å². The number of methoxy groups -OCH3 is 1. The molecule has 2 aromatic carbocycles. The van der Waals surface area contributed by atoms with Gasteiger partial charge in [0.1, 0.15) is 12.0 Å². The number of esters is 1. The van der Waals surface area contributed by atoms with E-state index in [1.165, 1.54) is 7.11 Å². The van der Waals surface area contributed by atoms with Crippen LogP contribution in [0.3, 0.4) is 0 Å². The average molecular weight is 336 g/mol. The molecule has 126 valence electrons. The first-order valence-corrected chi connectivity index (χ1v) is 7.60. The number of ether oxygens (including phenoxy) is 1. The zero-order chi connectivity index (χ0) is 17.5. The van der Waals surface area contributed by atoms with Gasteiger partial charge in [0.15, 0.2) is 6.61 Å². The Labute approximate surface area is 144 Å². The van der Waals surface area contributed by atoms with Gasteiger partial charge in [-0.2, -0.15) is 0 Å². The maximum absolute atomic E-state index is 11.4. The van der Waals surface area contributed by atoms with Gasteiger partial charge in [-0.15, -0.1) is 0 Å². The number of aromatic nitrogens is 1. The normalized spacial score (nSPS) is 10.8. The van der Waals surface area contributed by atoms with Crippen LogP contribution in [0.25, 0.3) is 11.5 Å². The Morgan fingerprint density at radius 2 is 1.92 bits per heavy atom. The van der Waals surface area contributed by atoms with E-state index in [9.17, 15) is 4.79 Å². The molecule has 25 heavy (non-hydrogen) atoms. The van der Waals surface area contributed by atoms with Crippen molar-refractivity contribution in [3.63, 3.8) is 0 Å². The summed E-state index contributed by atoms with van der Waals surface area (Å²) in [4.78, 5) is 20.9. The molecule has 0 aliphatic heterocycles. The monoisotopic (exact) mass is 336 g/mol. The number of benzene rings is 2. The van der Waals surface area contributed by atoms with Gasteiger partial charge in [0, 0.05) is 5.56 Å². The molecule has 6 nitrogen and oxygen atoms in total. The van der Waals surface area contributed by atoms with Crippen LogP contribution in [0.4, 0.5) is 0 Å². The fraction of sp³-hybridized carbons (Fsp3) is 0.105. The molecule has 0 bridgehead atoms. The number of hydrogen-bond donors (Lipinski definition) is 0. The van der Waals surface area contributed by atoms with E-state index in [0.29, 0.717) is 17.1 Å². The SMILES string of the molecule is COC(=O)c1ccc(C=NOCc2coc(-c3ccccc3)n2)cc1. The van der Waals surface area contributed by atoms with Crippen molar-refractivity contribution in [1.29, 1.82) is 0 Å². The zero-order valence-electron chi connectivity index (χ0n) is 13.6. The van der Waals surface area contributed by atoms with Crippen LogP contribution in [-0.4, -0.2) is 24.3 Å². The minimum Gasteiger partial charge on any atom is -0.465 e. The molecule has 0 N–H and O–H groups in total. The Morgan fingerprint density at radius 1 is 1.16 bits per heavy atom. The second-order valence-corrected chi connectivity index (χ2v) is 5.13. The predicted octanol–water partition coefficient (Wildman–Crippen LogP) is 3.68. The lowest BCUT2D eigenvalue weighted by atomic mass is 10.1.